The van der Waals surface area contributed by atoms with E-state index < -0.39 is 5.60 Å². The second-order valence-corrected chi connectivity index (χ2v) is 5.68. The standard InChI is InChI=1S/C16H19NO4/c1-10-12-8-11(20-2)4-5-13(12)21-14(10)15(18)17-9-16(19)6-3-7-16/h4-5,8,19H,3,6-7,9H2,1-2H3,(H,17,18). The third-order valence-corrected chi connectivity index (χ3v) is 4.21. The van der Waals surface area contributed by atoms with E-state index in [-0.39, 0.29) is 12.5 Å². The van der Waals surface area contributed by atoms with Gasteiger partial charge in [0, 0.05) is 17.5 Å². The second kappa shape index (κ2) is 5.07. The molecule has 2 N–H and O–H groups in total. The summed E-state index contributed by atoms with van der Waals surface area (Å²) in [4.78, 5) is 12.2. The molecule has 5 nitrogen and oxygen atoms in total. The van der Waals surface area contributed by atoms with Crippen LogP contribution in [0.1, 0.15) is 35.4 Å². The quantitative estimate of drug-likeness (QED) is 0.906. The highest BCUT2D eigenvalue weighted by Gasteiger charge is 2.35. The summed E-state index contributed by atoms with van der Waals surface area (Å²) in [5, 5.41) is 13.6. The van der Waals surface area contributed by atoms with Gasteiger partial charge < -0.3 is 19.6 Å². The SMILES string of the molecule is COc1ccc2oc(C(=O)NCC3(O)CCC3)c(C)c2c1. The van der Waals surface area contributed by atoms with Gasteiger partial charge in [0.1, 0.15) is 11.3 Å². The van der Waals surface area contributed by atoms with Crippen LogP contribution in [0.15, 0.2) is 22.6 Å². The number of aliphatic hydroxyl groups is 1. The second-order valence-electron chi connectivity index (χ2n) is 5.68. The van der Waals surface area contributed by atoms with E-state index in [4.69, 9.17) is 9.15 Å². The molecule has 0 unspecified atom stereocenters. The predicted molar refractivity (Wildman–Crippen MR) is 78.6 cm³/mol. The van der Waals surface area contributed by atoms with Gasteiger partial charge in [-0.05, 0) is 44.4 Å². The van der Waals surface area contributed by atoms with E-state index in [0.29, 0.717) is 11.3 Å². The number of aryl methyl sites for hydroxylation is 1. The Bertz CT molecular complexity index is 685. The Morgan fingerprint density at radius 2 is 2.24 bits per heavy atom. The number of rotatable bonds is 4. The fraction of sp³-hybridized carbons (Fsp3) is 0.438. The van der Waals surface area contributed by atoms with Gasteiger partial charge in [0.2, 0.25) is 0 Å². The molecule has 0 bridgehead atoms. The number of benzene rings is 1. The Morgan fingerprint density at radius 3 is 2.86 bits per heavy atom. The Hall–Kier alpha value is -2.01. The van der Waals surface area contributed by atoms with E-state index in [1.54, 1.807) is 19.2 Å². The molecule has 1 fully saturated rings. The smallest absolute Gasteiger partial charge is 0.287 e. The van der Waals surface area contributed by atoms with Crippen LogP contribution in [0.5, 0.6) is 5.75 Å². The lowest BCUT2D eigenvalue weighted by Gasteiger charge is -2.36. The molecule has 0 aliphatic heterocycles. The highest BCUT2D eigenvalue weighted by molar-refractivity contribution is 5.99. The van der Waals surface area contributed by atoms with Crippen LogP contribution in [0.25, 0.3) is 11.0 Å². The summed E-state index contributed by atoms with van der Waals surface area (Å²) >= 11 is 0. The molecule has 0 radical (unpaired) electrons. The first kappa shape index (κ1) is 13.9. The number of nitrogens with one attached hydrogen (secondary N) is 1. The predicted octanol–water partition coefficient (Wildman–Crippen LogP) is 2.39. The molecular formula is C16H19NO4. The summed E-state index contributed by atoms with van der Waals surface area (Å²) in [5.41, 5.74) is 0.696. The summed E-state index contributed by atoms with van der Waals surface area (Å²) in [7, 11) is 1.60. The molecule has 1 aromatic heterocycles. The first-order valence-corrected chi connectivity index (χ1v) is 7.10. The molecule has 21 heavy (non-hydrogen) atoms. The zero-order valence-electron chi connectivity index (χ0n) is 12.2. The van der Waals surface area contributed by atoms with E-state index in [2.05, 4.69) is 5.32 Å². The van der Waals surface area contributed by atoms with Crippen LogP contribution in [0, 0.1) is 6.92 Å². The molecule has 1 aliphatic rings. The normalized spacial score (nSPS) is 16.5. The first-order chi connectivity index (χ1) is 10.0. The number of carbonyl (C=O) groups is 1. The Kier molecular flexibility index (Phi) is 3.37. The molecule has 1 saturated carbocycles. The topological polar surface area (TPSA) is 71.7 Å². The molecule has 0 atom stereocenters. The summed E-state index contributed by atoms with van der Waals surface area (Å²) in [6.07, 6.45) is 2.49. The van der Waals surface area contributed by atoms with Crippen molar-refractivity contribution in [2.24, 2.45) is 0 Å². The van der Waals surface area contributed by atoms with Crippen LogP contribution in [0.4, 0.5) is 0 Å². The number of hydrogen-bond acceptors (Lipinski definition) is 4. The van der Waals surface area contributed by atoms with Crippen molar-refractivity contribution in [1.29, 1.82) is 0 Å². The van der Waals surface area contributed by atoms with Gasteiger partial charge in [-0.3, -0.25) is 4.79 Å². The number of methoxy groups -OCH3 is 1. The van der Waals surface area contributed by atoms with Crippen LogP contribution >= 0.6 is 0 Å². The fourth-order valence-corrected chi connectivity index (χ4v) is 2.63. The third kappa shape index (κ3) is 2.49. The molecule has 2 aromatic rings. The summed E-state index contributed by atoms with van der Waals surface area (Å²) in [6, 6.07) is 5.44. The van der Waals surface area contributed by atoms with Crippen molar-refractivity contribution < 1.29 is 19.1 Å². The highest BCUT2D eigenvalue weighted by Crippen LogP contribution is 2.31. The van der Waals surface area contributed by atoms with E-state index in [1.807, 2.05) is 13.0 Å². The van der Waals surface area contributed by atoms with Crippen molar-refractivity contribution >= 4 is 16.9 Å². The highest BCUT2D eigenvalue weighted by atomic mass is 16.5. The lowest BCUT2D eigenvalue weighted by molar-refractivity contribution is -0.0301. The minimum absolute atomic E-state index is 0.269. The molecule has 1 heterocycles. The van der Waals surface area contributed by atoms with E-state index in [0.717, 1.165) is 36.0 Å². The average molecular weight is 289 g/mol. The molecule has 1 aromatic carbocycles. The molecule has 112 valence electrons. The summed E-state index contributed by atoms with van der Waals surface area (Å²) in [6.45, 7) is 2.11. The van der Waals surface area contributed by atoms with Crippen LogP contribution in [-0.2, 0) is 0 Å². The van der Waals surface area contributed by atoms with Crippen LogP contribution < -0.4 is 10.1 Å². The van der Waals surface area contributed by atoms with E-state index in [1.165, 1.54) is 0 Å². The number of ether oxygens (including phenoxy) is 1. The number of hydrogen-bond donors (Lipinski definition) is 2. The summed E-state index contributed by atoms with van der Waals surface area (Å²) < 4.78 is 10.8. The van der Waals surface area contributed by atoms with E-state index in [9.17, 15) is 9.90 Å². The Labute approximate surface area is 122 Å². The fourth-order valence-electron chi connectivity index (χ4n) is 2.63. The van der Waals surface area contributed by atoms with Gasteiger partial charge in [-0.1, -0.05) is 0 Å². The maximum atomic E-state index is 12.2. The monoisotopic (exact) mass is 289 g/mol. The Balaban J connectivity index is 1.82. The van der Waals surface area contributed by atoms with Gasteiger partial charge in [-0.25, -0.2) is 0 Å². The van der Waals surface area contributed by atoms with Gasteiger partial charge in [0.05, 0.1) is 12.7 Å². The number of furan rings is 1. The first-order valence-electron chi connectivity index (χ1n) is 7.10. The third-order valence-electron chi connectivity index (χ3n) is 4.21. The lowest BCUT2D eigenvalue weighted by Crippen LogP contribution is -2.47. The van der Waals surface area contributed by atoms with Crippen molar-refractivity contribution in [2.75, 3.05) is 13.7 Å². The molecule has 0 spiro atoms. The molecule has 3 rings (SSSR count). The van der Waals surface area contributed by atoms with Gasteiger partial charge in [0.25, 0.3) is 5.91 Å². The van der Waals surface area contributed by atoms with Crippen molar-refractivity contribution in [2.45, 2.75) is 31.8 Å². The van der Waals surface area contributed by atoms with Crippen molar-refractivity contribution in [1.82, 2.24) is 5.32 Å². The van der Waals surface area contributed by atoms with Crippen LogP contribution in [0.3, 0.4) is 0 Å². The van der Waals surface area contributed by atoms with Crippen LogP contribution in [-0.4, -0.2) is 30.3 Å². The zero-order valence-corrected chi connectivity index (χ0v) is 12.2. The van der Waals surface area contributed by atoms with Gasteiger partial charge >= 0.3 is 0 Å². The maximum Gasteiger partial charge on any atom is 0.287 e. The largest absolute Gasteiger partial charge is 0.497 e. The molecule has 0 saturated heterocycles. The van der Waals surface area contributed by atoms with Crippen LogP contribution in [0.2, 0.25) is 0 Å². The maximum absolute atomic E-state index is 12.2. The number of carbonyl (C=O) groups excluding carboxylic acids is 1. The molecule has 5 heteroatoms. The number of amides is 1. The van der Waals surface area contributed by atoms with E-state index >= 15 is 0 Å². The van der Waals surface area contributed by atoms with Crippen molar-refractivity contribution in [3.63, 3.8) is 0 Å². The molecule has 1 amide bonds. The average Bonchev–Trinajstić information content (AvgIpc) is 2.79. The zero-order chi connectivity index (χ0) is 15.0. The Morgan fingerprint density at radius 1 is 1.48 bits per heavy atom. The minimum atomic E-state index is -0.737. The van der Waals surface area contributed by atoms with Gasteiger partial charge in [-0.15, -0.1) is 0 Å². The van der Waals surface area contributed by atoms with Crippen molar-refractivity contribution in [3.05, 3.63) is 29.5 Å². The minimum Gasteiger partial charge on any atom is -0.497 e. The van der Waals surface area contributed by atoms with Gasteiger partial charge in [-0.2, -0.15) is 0 Å². The number of fused-ring (bicyclic) bond motifs is 1. The lowest BCUT2D eigenvalue weighted by atomic mass is 9.80. The molecular weight excluding hydrogens is 270 g/mol. The van der Waals surface area contributed by atoms with Gasteiger partial charge in [0.15, 0.2) is 5.76 Å². The summed E-state index contributed by atoms with van der Waals surface area (Å²) in [5.74, 6) is 0.728. The molecule has 1 aliphatic carbocycles. The van der Waals surface area contributed by atoms with Crippen molar-refractivity contribution in [3.8, 4) is 5.75 Å².